The van der Waals surface area contributed by atoms with Crippen LogP contribution in [-0.4, -0.2) is 11.9 Å². The first kappa shape index (κ1) is 23.0. The van der Waals surface area contributed by atoms with Gasteiger partial charge in [0.15, 0.2) is 0 Å². The average Bonchev–Trinajstić information content (AvgIpc) is 2.86. The van der Waals surface area contributed by atoms with E-state index in [1.807, 2.05) is 68.4 Å². The molecule has 34 heavy (non-hydrogen) atoms. The molecule has 0 aromatic heterocycles. The third-order valence-corrected chi connectivity index (χ3v) is 5.73. The van der Waals surface area contributed by atoms with Gasteiger partial charge in [-0.05, 0) is 85.3 Å². The number of anilines is 1. The van der Waals surface area contributed by atoms with Gasteiger partial charge < -0.3 is 10.1 Å². The summed E-state index contributed by atoms with van der Waals surface area (Å²) in [6, 6.07) is 30.2. The summed E-state index contributed by atoms with van der Waals surface area (Å²) >= 11 is 0. The molecule has 170 valence electrons. The highest BCUT2D eigenvalue weighted by molar-refractivity contribution is 6.04. The van der Waals surface area contributed by atoms with Gasteiger partial charge in [-0.3, -0.25) is 4.79 Å². The Hall–Kier alpha value is -4.18. The van der Waals surface area contributed by atoms with E-state index >= 15 is 0 Å². The molecule has 4 nitrogen and oxygen atoms in total. The van der Waals surface area contributed by atoms with Crippen molar-refractivity contribution in [3.63, 3.8) is 0 Å². The summed E-state index contributed by atoms with van der Waals surface area (Å²) in [6.07, 6.45) is 1.59. The van der Waals surface area contributed by atoms with Crippen LogP contribution in [0.1, 0.15) is 43.0 Å². The van der Waals surface area contributed by atoms with Crippen molar-refractivity contribution < 1.29 is 14.3 Å². The number of aryl methyl sites for hydroxylation is 4. The lowest BCUT2D eigenvalue weighted by molar-refractivity contribution is 0.0733. The summed E-state index contributed by atoms with van der Waals surface area (Å²) in [5.74, 6) is -0.222. The van der Waals surface area contributed by atoms with Crippen LogP contribution >= 0.6 is 0 Å². The zero-order valence-corrected chi connectivity index (χ0v) is 19.4. The van der Waals surface area contributed by atoms with Gasteiger partial charge in [0.2, 0.25) is 0 Å². The van der Waals surface area contributed by atoms with E-state index in [0.29, 0.717) is 16.9 Å². The number of esters is 1. The highest BCUT2D eigenvalue weighted by atomic mass is 16.5. The summed E-state index contributed by atoms with van der Waals surface area (Å²) in [6.45, 7) is 3.94. The predicted octanol–water partition coefficient (Wildman–Crippen LogP) is 6.56. The molecule has 0 aliphatic rings. The van der Waals surface area contributed by atoms with Crippen molar-refractivity contribution in [2.45, 2.75) is 26.7 Å². The van der Waals surface area contributed by atoms with Crippen LogP contribution in [0, 0.1) is 13.8 Å². The Morgan fingerprint density at radius 2 is 1.47 bits per heavy atom. The summed E-state index contributed by atoms with van der Waals surface area (Å²) in [5, 5.41) is 2.94. The lowest BCUT2D eigenvalue weighted by Gasteiger charge is -2.11. The summed E-state index contributed by atoms with van der Waals surface area (Å²) in [7, 11) is 0. The molecule has 4 heteroatoms. The van der Waals surface area contributed by atoms with E-state index in [9.17, 15) is 9.59 Å². The van der Waals surface area contributed by atoms with E-state index in [1.165, 1.54) is 5.56 Å². The number of amides is 1. The van der Waals surface area contributed by atoms with E-state index in [4.69, 9.17) is 4.74 Å². The van der Waals surface area contributed by atoms with Crippen molar-refractivity contribution in [2.75, 3.05) is 5.32 Å². The summed E-state index contributed by atoms with van der Waals surface area (Å²) in [4.78, 5) is 25.5. The average molecular weight is 450 g/mol. The first-order valence-corrected chi connectivity index (χ1v) is 11.3. The number of nitrogens with one attached hydrogen (secondary N) is 1. The monoisotopic (exact) mass is 449 g/mol. The number of hydrogen-bond donors (Lipinski definition) is 1. The molecule has 4 aromatic rings. The zero-order chi connectivity index (χ0) is 23.9. The fourth-order valence-corrected chi connectivity index (χ4v) is 3.76. The van der Waals surface area contributed by atoms with Gasteiger partial charge in [-0.25, -0.2) is 4.79 Å². The Kier molecular flexibility index (Phi) is 7.19. The Morgan fingerprint density at radius 3 is 2.24 bits per heavy atom. The fourth-order valence-electron chi connectivity index (χ4n) is 3.76. The van der Waals surface area contributed by atoms with Crippen molar-refractivity contribution >= 4 is 17.6 Å². The van der Waals surface area contributed by atoms with Crippen LogP contribution in [0.25, 0.3) is 0 Å². The molecule has 0 saturated heterocycles. The van der Waals surface area contributed by atoms with Crippen molar-refractivity contribution in [3.8, 4) is 5.75 Å². The standard InChI is InChI=1S/C30H27NO3/c1-21-12-13-22(2)28(20-21)31-29(32)25-16-18-26(19-17-25)34-30(33)27-11-7-6-10-24(27)15-14-23-8-4-3-5-9-23/h3-13,16-20H,14-15H2,1-2H3,(H,31,32). The van der Waals surface area contributed by atoms with Crippen LogP contribution in [0.4, 0.5) is 5.69 Å². The number of carbonyl (C=O) groups is 2. The van der Waals surface area contributed by atoms with Gasteiger partial charge in [-0.2, -0.15) is 0 Å². The predicted molar refractivity (Wildman–Crippen MR) is 136 cm³/mol. The first-order valence-electron chi connectivity index (χ1n) is 11.3. The van der Waals surface area contributed by atoms with E-state index in [0.717, 1.165) is 35.2 Å². The van der Waals surface area contributed by atoms with Gasteiger partial charge in [0.1, 0.15) is 5.75 Å². The van der Waals surface area contributed by atoms with E-state index < -0.39 is 5.97 Å². The third kappa shape index (κ3) is 5.78. The molecule has 0 radical (unpaired) electrons. The summed E-state index contributed by atoms with van der Waals surface area (Å²) in [5.41, 5.74) is 6.07. The molecule has 0 fully saturated rings. The summed E-state index contributed by atoms with van der Waals surface area (Å²) < 4.78 is 5.61. The number of carbonyl (C=O) groups excluding carboxylic acids is 2. The van der Waals surface area contributed by atoms with Gasteiger partial charge in [0.05, 0.1) is 5.56 Å². The second kappa shape index (κ2) is 10.6. The smallest absolute Gasteiger partial charge is 0.343 e. The second-order valence-electron chi connectivity index (χ2n) is 8.33. The molecule has 0 saturated carbocycles. The van der Waals surface area contributed by atoms with Crippen molar-refractivity contribution in [1.29, 1.82) is 0 Å². The molecule has 0 aliphatic carbocycles. The molecule has 4 aromatic carbocycles. The second-order valence-corrected chi connectivity index (χ2v) is 8.33. The molecule has 0 unspecified atom stereocenters. The van der Waals surface area contributed by atoms with Crippen molar-refractivity contribution in [3.05, 3.63) is 130 Å². The molecule has 0 heterocycles. The molecule has 0 atom stereocenters. The maximum atomic E-state index is 12.9. The van der Waals surface area contributed by atoms with E-state index in [-0.39, 0.29) is 5.91 Å². The Bertz CT molecular complexity index is 1290. The highest BCUT2D eigenvalue weighted by Crippen LogP contribution is 2.20. The molecule has 1 amide bonds. The minimum atomic E-state index is -0.406. The minimum absolute atomic E-state index is 0.210. The molecule has 1 N–H and O–H groups in total. The van der Waals surface area contributed by atoms with Crippen molar-refractivity contribution in [2.24, 2.45) is 0 Å². The van der Waals surface area contributed by atoms with E-state index in [1.54, 1.807) is 30.3 Å². The Morgan fingerprint density at radius 1 is 0.765 bits per heavy atom. The first-order chi connectivity index (χ1) is 16.5. The number of rotatable bonds is 7. The van der Waals surface area contributed by atoms with Crippen LogP contribution in [-0.2, 0) is 12.8 Å². The third-order valence-electron chi connectivity index (χ3n) is 5.73. The highest BCUT2D eigenvalue weighted by Gasteiger charge is 2.14. The van der Waals surface area contributed by atoms with Gasteiger partial charge in [-0.15, -0.1) is 0 Å². The molecule has 0 aliphatic heterocycles. The molecule has 4 rings (SSSR count). The quantitative estimate of drug-likeness (QED) is 0.257. The molecule has 0 bridgehead atoms. The van der Waals surface area contributed by atoms with Gasteiger partial charge in [0.25, 0.3) is 5.91 Å². The number of ether oxygens (including phenoxy) is 1. The van der Waals surface area contributed by atoms with Crippen LogP contribution in [0.3, 0.4) is 0 Å². The maximum Gasteiger partial charge on any atom is 0.343 e. The SMILES string of the molecule is Cc1ccc(C)c(NC(=O)c2ccc(OC(=O)c3ccccc3CCc3ccccc3)cc2)c1. The molecular weight excluding hydrogens is 422 g/mol. The van der Waals surface area contributed by atoms with Crippen LogP contribution in [0.5, 0.6) is 5.75 Å². The van der Waals surface area contributed by atoms with Crippen LogP contribution < -0.4 is 10.1 Å². The molecular formula is C30H27NO3. The number of hydrogen-bond acceptors (Lipinski definition) is 3. The zero-order valence-electron chi connectivity index (χ0n) is 19.4. The normalized spacial score (nSPS) is 10.5. The lowest BCUT2D eigenvalue weighted by atomic mass is 10.00. The van der Waals surface area contributed by atoms with Gasteiger partial charge in [-0.1, -0.05) is 60.7 Å². The Labute approximate surface area is 200 Å². The van der Waals surface area contributed by atoms with Gasteiger partial charge >= 0.3 is 5.97 Å². The van der Waals surface area contributed by atoms with Crippen molar-refractivity contribution in [1.82, 2.24) is 0 Å². The minimum Gasteiger partial charge on any atom is -0.423 e. The maximum absolute atomic E-state index is 12.9. The van der Waals surface area contributed by atoms with E-state index in [2.05, 4.69) is 17.4 Å². The lowest BCUT2D eigenvalue weighted by Crippen LogP contribution is -2.14. The fraction of sp³-hybridized carbons (Fsp3) is 0.133. The van der Waals surface area contributed by atoms with Crippen LogP contribution in [0.15, 0.2) is 97.1 Å². The van der Waals surface area contributed by atoms with Crippen LogP contribution in [0.2, 0.25) is 0 Å². The Balaban J connectivity index is 1.41. The topological polar surface area (TPSA) is 55.4 Å². The molecule has 0 spiro atoms. The van der Waals surface area contributed by atoms with Gasteiger partial charge in [0, 0.05) is 11.3 Å². The largest absolute Gasteiger partial charge is 0.423 e. The number of benzene rings is 4.